The van der Waals surface area contributed by atoms with E-state index in [1.807, 2.05) is 31.2 Å². The topological polar surface area (TPSA) is 24.4 Å². The lowest BCUT2D eigenvalue weighted by Gasteiger charge is -2.01. The van der Waals surface area contributed by atoms with Crippen molar-refractivity contribution < 1.29 is 4.39 Å². The van der Waals surface area contributed by atoms with E-state index in [1.54, 1.807) is 12.1 Å². The molecule has 0 aliphatic rings. The monoisotopic (exact) mass is 262 g/mol. The van der Waals surface area contributed by atoms with Crippen LogP contribution in [-0.4, -0.2) is 6.21 Å². The Bertz CT molecular complexity index is 544. The number of nitrogens with zero attached hydrogens (tertiary/aromatic N) is 1. The number of anilines is 1. The Kier molecular flexibility index (Phi) is 3.95. The van der Waals surface area contributed by atoms with Gasteiger partial charge in [0.15, 0.2) is 0 Å². The van der Waals surface area contributed by atoms with Crippen molar-refractivity contribution in [1.82, 2.24) is 0 Å². The predicted octanol–water partition coefficient (Wildman–Crippen LogP) is 4.23. The van der Waals surface area contributed by atoms with Gasteiger partial charge in [-0.2, -0.15) is 5.10 Å². The zero-order valence-electron chi connectivity index (χ0n) is 9.82. The van der Waals surface area contributed by atoms with Crippen LogP contribution in [0.2, 0.25) is 5.02 Å². The van der Waals surface area contributed by atoms with Crippen LogP contribution in [0.5, 0.6) is 0 Å². The van der Waals surface area contributed by atoms with Crippen molar-refractivity contribution in [2.75, 3.05) is 5.43 Å². The number of rotatable bonds is 3. The molecule has 1 N–H and O–H groups in total. The second-order valence-electron chi connectivity index (χ2n) is 3.87. The van der Waals surface area contributed by atoms with E-state index in [9.17, 15) is 4.39 Å². The Labute approximate surface area is 110 Å². The van der Waals surface area contributed by atoms with Crippen LogP contribution >= 0.6 is 11.6 Å². The smallest absolute Gasteiger partial charge is 0.133 e. The van der Waals surface area contributed by atoms with E-state index in [0.29, 0.717) is 5.02 Å². The van der Waals surface area contributed by atoms with Crippen molar-refractivity contribution >= 4 is 23.5 Å². The molecule has 0 fully saturated rings. The fraction of sp³-hybridized carbons (Fsp3) is 0.0714. The molecule has 4 heteroatoms. The molecule has 0 aromatic heterocycles. The van der Waals surface area contributed by atoms with Gasteiger partial charge < -0.3 is 0 Å². The Hall–Kier alpha value is -1.87. The third-order valence-electron chi connectivity index (χ3n) is 2.44. The van der Waals surface area contributed by atoms with Gasteiger partial charge in [-0.05, 0) is 31.2 Å². The summed E-state index contributed by atoms with van der Waals surface area (Å²) < 4.78 is 13.4. The van der Waals surface area contributed by atoms with Crippen LogP contribution in [0.3, 0.4) is 0 Å². The first-order valence-corrected chi connectivity index (χ1v) is 5.84. The predicted molar refractivity (Wildman–Crippen MR) is 73.8 cm³/mol. The van der Waals surface area contributed by atoms with Gasteiger partial charge in [-0.1, -0.05) is 35.4 Å². The van der Waals surface area contributed by atoms with Gasteiger partial charge >= 0.3 is 0 Å². The second kappa shape index (κ2) is 5.65. The maximum atomic E-state index is 13.4. The fourth-order valence-electron chi connectivity index (χ4n) is 1.43. The molecule has 2 nitrogen and oxygen atoms in total. The number of hydrazone groups is 1. The van der Waals surface area contributed by atoms with Gasteiger partial charge in [-0.15, -0.1) is 0 Å². The highest BCUT2D eigenvalue weighted by Gasteiger charge is 2.03. The first-order valence-electron chi connectivity index (χ1n) is 5.46. The van der Waals surface area contributed by atoms with Gasteiger partial charge in [0, 0.05) is 5.56 Å². The van der Waals surface area contributed by atoms with Crippen LogP contribution in [-0.2, 0) is 0 Å². The van der Waals surface area contributed by atoms with E-state index in [2.05, 4.69) is 10.5 Å². The molecular formula is C14H12ClFN2. The SMILES string of the molecule is Cc1ccc(N/N=C\c2c(F)cccc2Cl)cc1. The van der Waals surface area contributed by atoms with E-state index in [1.165, 1.54) is 17.8 Å². The maximum absolute atomic E-state index is 13.4. The van der Waals surface area contributed by atoms with Crippen LogP contribution in [0.15, 0.2) is 47.6 Å². The normalized spacial score (nSPS) is 10.8. The van der Waals surface area contributed by atoms with Crippen molar-refractivity contribution in [2.24, 2.45) is 5.10 Å². The van der Waals surface area contributed by atoms with Crippen LogP contribution in [0, 0.1) is 12.7 Å². The minimum atomic E-state index is -0.392. The molecule has 0 heterocycles. The Morgan fingerprint density at radius 1 is 1.17 bits per heavy atom. The second-order valence-corrected chi connectivity index (χ2v) is 4.28. The summed E-state index contributed by atoms with van der Waals surface area (Å²) in [6, 6.07) is 12.3. The summed E-state index contributed by atoms with van der Waals surface area (Å²) in [4.78, 5) is 0. The lowest BCUT2D eigenvalue weighted by atomic mass is 10.2. The number of aryl methyl sites for hydroxylation is 1. The van der Waals surface area contributed by atoms with E-state index in [-0.39, 0.29) is 5.56 Å². The van der Waals surface area contributed by atoms with Crippen LogP contribution < -0.4 is 5.43 Å². The zero-order valence-corrected chi connectivity index (χ0v) is 10.6. The number of halogens is 2. The van der Waals surface area contributed by atoms with Crippen molar-refractivity contribution in [3.05, 3.63) is 64.4 Å². The van der Waals surface area contributed by atoms with Gasteiger partial charge in [-0.3, -0.25) is 5.43 Å². The lowest BCUT2D eigenvalue weighted by Crippen LogP contribution is -1.94. The summed E-state index contributed by atoms with van der Waals surface area (Å²) in [5.74, 6) is -0.392. The molecule has 18 heavy (non-hydrogen) atoms. The molecular weight excluding hydrogens is 251 g/mol. The molecule has 92 valence electrons. The average molecular weight is 263 g/mol. The van der Waals surface area contributed by atoms with Crippen molar-refractivity contribution in [2.45, 2.75) is 6.92 Å². The lowest BCUT2D eigenvalue weighted by molar-refractivity contribution is 0.626. The first kappa shape index (κ1) is 12.6. The number of benzene rings is 2. The third kappa shape index (κ3) is 3.08. The van der Waals surface area contributed by atoms with Crippen LogP contribution in [0.4, 0.5) is 10.1 Å². The number of hydrogen-bond donors (Lipinski definition) is 1. The van der Waals surface area contributed by atoms with E-state index in [4.69, 9.17) is 11.6 Å². The molecule has 0 saturated heterocycles. The molecule has 0 aliphatic carbocycles. The largest absolute Gasteiger partial charge is 0.279 e. The number of hydrogen-bond acceptors (Lipinski definition) is 2. The van der Waals surface area contributed by atoms with Gasteiger partial charge in [0.25, 0.3) is 0 Å². The third-order valence-corrected chi connectivity index (χ3v) is 2.77. The summed E-state index contributed by atoms with van der Waals surface area (Å²) >= 11 is 5.87. The molecule has 0 bridgehead atoms. The molecule has 2 rings (SSSR count). The van der Waals surface area contributed by atoms with Crippen molar-refractivity contribution in [1.29, 1.82) is 0 Å². The Balaban J connectivity index is 2.10. The van der Waals surface area contributed by atoms with E-state index in [0.717, 1.165) is 5.69 Å². The minimum absolute atomic E-state index is 0.277. The van der Waals surface area contributed by atoms with Gasteiger partial charge in [0.1, 0.15) is 5.82 Å². The fourth-order valence-corrected chi connectivity index (χ4v) is 1.65. The summed E-state index contributed by atoms with van der Waals surface area (Å²) in [7, 11) is 0. The minimum Gasteiger partial charge on any atom is -0.279 e. The summed E-state index contributed by atoms with van der Waals surface area (Å²) in [5.41, 5.74) is 5.10. The van der Waals surface area contributed by atoms with Crippen LogP contribution in [0.25, 0.3) is 0 Å². The van der Waals surface area contributed by atoms with Gasteiger partial charge in [-0.25, -0.2) is 4.39 Å². The van der Waals surface area contributed by atoms with Crippen LogP contribution in [0.1, 0.15) is 11.1 Å². The molecule has 2 aromatic rings. The maximum Gasteiger partial charge on any atom is 0.133 e. The molecule has 0 radical (unpaired) electrons. The molecule has 0 amide bonds. The summed E-state index contributed by atoms with van der Waals surface area (Å²) in [6.45, 7) is 2.01. The summed E-state index contributed by atoms with van der Waals surface area (Å²) in [5, 5.41) is 4.30. The van der Waals surface area contributed by atoms with Gasteiger partial charge in [0.2, 0.25) is 0 Å². The number of nitrogens with one attached hydrogen (secondary N) is 1. The highest BCUT2D eigenvalue weighted by atomic mass is 35.5. The Morgan fingerprint density at radius 2 is 1.89 bits per heavy atom. The Morgan fingerprint density at radius 3 is 2.56 bits per heavy atom. The molecule has 2 aromatic carbocycles. The zero-order chi connectivity index (χ0) is 13.0. The average Bonchev–Trinajstić information content (AvgIpc) is 2.35. The van der Waals surface area contributed by atoms with Gasteiger partial charge in [0.05, 0.1) is 16.9 Å². The van der Waals surface area contributed by atoms with Crippen molar-refractivity contribution in [3.63, 3.8) is 0 Å². The quantitative estimate of drug-likeness (QED) is 0.650. The highest BCUT2D eigenvalue weighted by Crippen LogP contribution is 2.16. The van der Waals surface area contributed by atoms with E-state index < -0.39 is 5.82 Å². The summed E-state index contributed by atoms with van der Waals surface area (Å²) in [6.07, 6.45) is 1.37. The first-order chi connectivity index (χ1) is 8.66. The van der Waals surface area contributed by atoms with E-state index >= 15 is 0 Å². The highest BCUT2D eigenvalue weighted by molar-refractivity contribution is 6.33. The van der Waals surface area contributed by atoms with Crippen molar-refractivity contribution in [3.8, 4) is 0 Å². The molecule has 0 saturated carbocycles. The molecule has 0 spiro atoms. The standard InChI is InChI=1S/C14H12ClFN2/c1-10-5-7-11(8-6-10)18-17-9-12-13(15)3-2-4-14(12)16/h2-9,18H,1H3/b17-9-. The molecule has 0 aliphatic heterocycles. The molecule has 0 atom stereocenters. The molecule has 0 unspecified atom stereocenters.